The van der Waals surface area contributed by atoms with E-state index in [-0.39, 0.29) is 29.9 Å². The molecule has 5 nitrogen and oxygen atoms in total. The third-order valence-electron chi connectivity index (χ3n) is 3.61. The van der Waals surface area contributed by atoms with Gasteiger partial charge in [-0.05, 0) is 31.6 Å². The number of carbonyl (C=O) groups excluding carboxylic acids is 1. The standard InChI is InChI=1S/C14H27N3O2.HI/c1-12-7-10-17(11-8-12)14(15-2)16-9-5-4-6-13(18)19-3;/h12H,4-11H2,1-3H3,(H,15,16);1H. The lowest BCUT2D eigenvalue weighted by Crippen LogP contribution is -2.45. The lowest BCUT2D eigenvalue weighted by molar-refractivity contribution is -0.140. The number of ether oxygens (including phenoxy) is 1. The van der Waals surface area contributed by atoms with E-state index in [1.807, 2.05) is 7.05 Å². The molecule has 1 aliphatic rings. The number of methoxy groups -OCH3 is 1. The van der Waals surface area contributed by atoms with E-state index in [1.54, 1.807) is 0 Å². The summed E-state index contributed by atoms with van der Waals surface area (Å²) in [7, 11) is 3.26. The van der Waals surface area contributed by atoms with E-state index >= 15 is 0 Å². The zero-order valence-electron chi connectivity index (χ0n) is 12.9. The third-order valence-corrected chi connectivity index (χ3v) is 3.61. The van der Waals surface area contributed by atoms with Gasteiger partial charge in [0.05, 0.1) is 7.11 Å². The molecule has 0 spiro atoms. The summed E-state index contributed by atoms with van der Waals surface area (Å²) in [6.45, 7) is 5.34. The summed E-state index contributed by atoms with van der Waals surface area (Å²) in [5.74, 6) is 1.69. The highest BCUT2D eigenvalue weighted by molar-refractivity contribution is 14.0. The number of aliphatic imine (C=N–C) groups is 1. The summed E-state index contributed by atoms with van der Waals surface area (Å²) < 4.78 is 4.61. The van der Waals surface area contributed by atoms with Gasteiger partial charge in [0.25, 0.3) is 0 Å². The number of esters is 1. The van der Waals surface area contributed by atoms with Crippen LogP contribution in [-0.2, 0) is 9.53 Å². The summed E-state index contributed by atoms with van der Waals surface area (Å²) in [5, 5.41) is 3.37. The minimum Gasteiger partial charge on any atom is -0.469 e. The first-order valence-corrected chi connectivity index (χ1v) is 7.19. The Bertz CT molecular complexity index is 303. The van der Waals surface area contributed by atoms with Crippen molar-refractivity contribution in [3.8, 4) is 0 Å². The maximum atomic E-state index is 11.0. The Morgan fingerprint density at radius 3 is 2.55 bits per heavy atom. The summed E-state index contributed by atoms with van der Waals surface area (Å²) in [6.07, 6.45) is 4.79. The first-order chi connectivity index (χ1) is 9.17. The molecule has 1 heterocycles. The van der Waals surface area contributed by atoms with Crippen molar-refractivity contribution >= 4 is 35.9 Å². The van der Waals surface area contributed by atoms with Crippen LogP contribution < -0.4 is 5.32 Å². The number of likely N-dealkylation sites (tertiary alicyclic amines) is 1. The van der Waals surface area contributed by atoms with Crippen molar-refractivity contribution in [1.29, 1.82) is 0 Å². The van der Waals surface area contributed by atoms with E-state index in [1.165, 1.54) is 20.0 Å². The van der Waals surface area contributed by atoms with Crippen LogP contribution in [0.2, 0.25) is 0 Å². The maximum absolute atomic E-state index is 11.0. The van der Waals surface area contributed by atoms with Crippen molar-refractivity contribution in [3.05, 3.63) is 0 Å². The van der Waals surface area contributed by atoms with Gasteiger partial charge in [0, 0.05) is 33.1 Å². The fourth-order valence-corrected chi connectivity index (χ4v) is 2.25. The number of rotatable bonds is 5. The molecule has 1 fully saturated rings. The second-order valence-electron chi connectivity index (χ2n) is 5.18. The molecule has 118 valence electrons. The SMILES string of the molecule is CN=C(NCCCCC(=O)OC)N1CCC(C)CC1.I. The van der Waals surface area contributed by atoms with Gasteiger partial charge in [-0.1, -0.05) is 6.92 Å². The minimum atomic E-state index is -0.130. The van der Waals surface area contributed by atoms with Crippen LogP contribution in [0.25, 0.3) is 0 Å². The van der Waals surface area contributed by atoms with E-state index in [2.05, 4.69) is 26.9 Å². The van der Waals surface area contributed by atoms with E-state index in [4.69, 9.17) is 0 Å². The number of piperidine rings is 1. The van der Waals surface area contributed by atoms with E-state index in [0.29, 0.717) is 6.42 Å². The zero-order valence-corrected chi connectivity index (χ0v) is 15.2. The molecule has 1 saturated heterocycles. The van der Waals surface area contributed by atoms with Crippen molar-refractivity contribution < 1.29 is 9.53 Å². The Hall–Kier alpha value is -0.530. The number of halogens is 1. The lowest BCUT2D eigenvalue weighted by Gasteiger charge is -2.32. The molecule has 0 unspecified atom stereocenters. The Labute approximate surface area is 139 Å². The van der Waals surface area contributed by atoms with Crippen molar-refractivity contribution in [2.45, 2.75) is 39.0 Å². The van der Waals surface area contributed by atoms with Crippen LogP contribution in [0, 0.1) is 5.92 Å². The molecular weight excluding hydrogens is 369 g/mol. The summed E-state index contributed by atoms with van der Waals surface area (Å²) in [5.41, 5.74) is 0. The number of unbranched alkanes of at least 4 members (excludes halogenated alkanes) is 1. The average Bonchev–Trinajstić information content (AvgIpc) is 2.43. The second-order valence-corrected chi connectivity index (χ2v) is 5.18. The highest BCUT2D eigenvalue weighted by atomic mass is 127. The van der Waals surface area contributed by atoms with Crippen LogP contribution in [0.15, 0.2) is 4.99 Å². The average molecular weight is 397 g/mol. The fourth-order valence-electron chi connectivity index (χ4n) is 2.25. The molecular formula is C14H28IN3O2. The molecule has 0 aromatic rings. The summed E-state index contributed by atoms with van der Waals surface area (Å²) in [6, 6.07) is 0. The van der Waals surface area contributed by atoms with Gasteiger partial charge in [-0.25, -0.2) is 0 Å². The Morgan fingerprint density at radius 1 is 1.35 bits per heavy atom. The predicted molar refractivity (Wildman–Crippen MR) is 92.6 cm³/mol. The fraction of sp³-hybridized carbons (Fsp3) is 0.857. The molecule has 6 heteroatoms. The highest BCUT2D eigenvalue weighted by Gasteiger charge is 2.18. The molecule has 0 amide bonds. The van der Waals surface area contributed by atoms with E-state index in [0.717, 1.165) is 44.4 Å². The molecule has 1 aliphatic heterocycles. The van der Waals surface area contributed by atoms with Crippen molar-refractivity contribution in [2.24, 2.45) is 10.9 Å². The van der Waals surface area contributed by atoms with Crippen molar-refractivity contribution in [3.63, 3.8) is 0 Å². The smallest absolute Gasteiger partial charge is 0.305 e. The number of hydrogen-bond acceptors (Lipinski definition) is 3. The Balaban J connectivity index is 0.00000361. The first-order valence-electron chi connectivity index (χ1n) is 7.19. The minimum absolute atomic E-state index is 0. The quantitative estimate of drug-likeness (QED) is 0.254. The van der Waals surface area contributed by atoms with Crippen LogP contribution >= 0.6 is 24.0 Å². The van der Waals surface area contributed by atoms with E-state index < -0.39 is 0 Å². The number of carbonyl (C=O) groups is 1. The van der Waals surface area contributed by atoms with Crippen LogP contribution in [0.4, 0.5) is 0 Å². The molecule has 0 aromatic heterocycles. The molecule has 20 heavy (non-hydrogen) atoms. The molecule has 0 saturated carbocycles. The van der Waals surface area contributed by atoms with Crippen LogP contribution in [0.1, 0.15) is 39.0 Å². The Kier molecular flexibility index (Phi) is 10.9. The maximum Gasteiger partial charge on any atom is 0.305 e. The number of hydrogen-bond donors (Lipinski definition) is 1. The van der Waals surface area contributed by atoms with Crippen LogP contribution in [-0.4, -0.2) is 50.6 Å². The van der Waals surface area contributed by atoms with Crippen LogP contribution in [0.5, 0.6) is 0 Å². The van der Waals surface area contributed by atoms with Crippen molar-refractivity contribution in [2.75, 3.05) is 33.8 Å². The van der Waals surface area contributed by atoms with Gasteiger partial charge >= 0.3 is 5.97 Å². The number of nitrogens with one attached hydrogen (secondary N) is 1. The van der Waals surface area contributed by atoms with Gasteiger partial charge < -0.3 is 15.0 Å². The zero-order chi connectivity index (χ0) is 14.1. The second kappa shape index (κ2) is 11.2. The van der Waals surface area contributed by atoms with Gasteiger partial charge in [0.2, 0.25) is 0 Å². The molecule has 0 bridgehead atoms. The van der Waals surface area contributed by atoms with Crippen LogP contribution in [0.3, 0.4) is 0 Å². The molecule has 0 aliphatic carbocycles. The van der Waals surface area contributed by atoms with Crippen molar-refractivity contribution in [1.82, 2.24) is 10.2 Å². The summed E-state index contributed by atoms with van der Waals surface area (Å²) >= 11 is 0. The summed E-state index contributed by atoms with van der Waals surface area (Å²) in [4.78, 5) is 17.6. The number of nitrogens with zero attached hydrogens (tertiary/aromatic N) is 2. The predicted octanol–water partition coefficient (Wildman–Crippen LogP) is 2.26. The molecule has 1 rings (SSSR count). The number of guanidine groups is 1. The molecule has 0 radical (unpaired) electrons. The van der Waals surface area contributed by atoms with Gasteiger partial charge in [0.1, 0.15) is 0 Å². The highest BCUT2D eigenvalue weighted by Crippen LogP contribution is 2.15. The van der Waals surface area contributed by atoms with Gasteiger partial charge in [-0.3, -0.25) is 9.79 Å². The molecule has 0 atom stereocenters. The largest absolute Gasteiger partial charge is 0.469 e. The van der Waals surface area contributed by atoms with Gasteiger partial charge in [0.15, 0.2) is 5.96 Å². The lowest BCUT2D eigenvalue weighted by atomic mass is 10.00. The molecule has 1 N–H and O–H groups in total. The van der Waals surface area contributed by atoms with E-state index in [9.17, 15) is 4.79 Å². The third kappa shape index (κ3) is 7.31. The van der Waals surface area contributed by atoms with Gasteiger partial charge in [-0.2, -0.15) is 0 Å². The first kappa shape index (κ1) is 19.5. The molecule has 0 aromatic carbocycles. The topological polar surface area (TPSA) is 53.9 Å². The Morgan fingerprint density at radius 2 is 2.00 bits per heavy atom. The van der Waals surface area contributed by atoms with Gasteiger partial charge in [-0.15, -0.1) is 24.0 Å². The normalized spacial score (nSPS) is 16.6. The monoisotopic (exact) mass is 397 g/mol.